The summed E-state index contributed by atoms with van der Waals surface area (Å²) in [7, 11) is -1.72. The van der Waals surface area contributed by atoms with Crippen LogP contribution < -0.4 is 51.4 Å². The standard InChI is InChI=1S/C29H34N4O7S.K/c1-18-10-11-19(16-23(18)41(38,39)40)20-15-21-26(33(17-20)14-8-6-7-9-25(34)35)30-24(29(21,2)3)13-12-22-27(36)32(5)28(37)31(22)4;/h10-13,15-17H,6-9,14H2,1-5H3,(H,34,35)(H,38,39,40);/q;+1/p-1/b22-12+,24-13-;. The minimum Gasteiger partial charge on any atom is -0.744 e. The zero-order valence-corrected chi connectivity index (χ0v) is 28.6. The first-order valence-electron chi connectivity index (χ1n) is 13.2. The zero-order valence-electron chi connectivity index (χ0n) is 24.7. The van der Waals surface area contributed by atoms with E-state index < -0.39 is 33.4 Å². The van der Waals surface area contributed by atoms with Gasteiger partial charge in [0.1, 0.15) is 21.7 Å². The van der Waals surface area contributed by atoms with E-state index in [4.69, 9.17) is 10.1 Å². The van der Waals surface area contributed by atoms with E-state index in [0.29, 0.717) is 54.0 Å². The van der Waals surface area contributed by atoms with Crippen LogP contribution in [-0.2, 0) is 19.7 Å². The number of allylic oxidation sites excluding steroid dienone is 5. The minimum atomic E-state index is -4.67. The summed E-state index contributed by atoms with van der Waals surface area (Å²) in [6, 6.07) is 4.32. The molecule has 1 N–H and O–H groups in total. The third-order valence-corrected chi connectivity index (χ3v) is 8.56. The molecule has 1 fully saturated rings. The Balaban J connectivity index is 0.00000484. The van der Waals surface area contributed by atoms with E-state index in [9.17, 15) is 27.4 Å². The van der Waals surface area contributed by atoms with Gasteiger partial charge in [-0.1, -0.05) is 32.4 Å². The van der Waals surface area contributed by atoms with Gasteiger partial charge in [-0.25, -0.2) is 18.2 Å². The third kappa shape index (κ3) is 6.88. The fourth-order valence-electron chi connectivity index (χ4n) is 5.05. The van der Waals surface area contributed by atoms with Crippen molar-refractivity contribution in [3.05, 3.63) is 70.7 Å². The maximum absolute atomic E-state index is 12.5. The fourth-order valence-corrected chi connectivity index (χ4v) is 5.78. The molecule has 0 spiro atoms. The number of aryl methyl sites for hydroxylation is 1. The van der Waals surface area contributed by atoms with Crippen LogP contribution in [0, 0.1) is 12.3 Å². The number of aliphatic imine (C=N–C) groups is 1. The number of amidine groups is 1. The fraction of sp³-hybridized carbons (Fsp3) is 0.379. The van der Waals surface area contributed by atoms with Crippen LogP contribution in [-0.4, -0.2) is 77.2 Å². The van der Waals surface area contributed by atoms with Crippen molar-refractivity contribution in [1.82, 2.24) is 14.7 Å². The van der Waals surface area contributed by atoms with Crippen LogP contribution in [0.5, 0.6) is 0 Å². The Hall–Kier alpha value is -2.39. The van der Waals surface area contributed by atoms with Gasteiger partial charge in [-0.05, 0) is 60.8 Å². The number of rotatable bonds is 9. The number of benzene rings is 1. The van der Waals surface area contributed by atoms with Gasteiger partial charge < -0.3 is 14.6 Å². The summed E-state index contributed by atoms with van der Waals surface area (Å²) < 4.78 is 35.6. The first-order chi connectivity index (χ1) is 19.1. The normalized spacial score (nSPS) is 20.0. The summed E-state index contributed by atoms with van der Waals surface area (Å²) in [6.07, 6.45) is 9.08. The van der Waals surface area contributed by atoms with Crippen molar-refractivity contribution in [2.45, 2.75) is 51.3 Å². The summed E-state index contributed by atoms with van der Waals surface area (Å²) in [4.78, 5) is 44.5. The molecule has 218 valence electrons. The number of aliphatic carboxylic acids is 1. The predicted octanol–water partition coefficient (Wildman–Crippen LogP) is 0.861. The number of unbranched alkanes of at least 4 members (excludes halogenated alkanes) is 2. The molecule has 0 bridgehead atoms. The monoisotopic (exact) mass is 620 g/mol. The molecular formula is C29H33KN4O7S. The molecule has 0 aliphatic carbocycles. The van der Waals surface area contributed by atoms with Gasteiger partial charge in [0, 0.05) is 44.2 Å². The van der Waals surface area contributed by atoms with E-state index in [0.717, 1.165) is 10.5 Å². The van der Waals surface area contributed by atoms with Crippen molar-refractivity contribution in [2.24, 2.45) is 10.4 Å². The molecule has 3 aliphatic heterocycles. The summed E-state index contributed by atoms with van der Waals surface area (Å²) >= 11 is 0. The molecule has 1 saturated heterocycles. The molecule has 0 saturated carbocycles. The molecule has 13 heteroatoms. The van der Waals surface area contributed by atoms with Gasteiger partial charge in [0.2, 0.25) is 0 Å². The Morgan fingerprint density at radius 3 is 2.38 bits per heavy atom. The van der Waals surface area contributed by atoms with Gasteiger partial charge in [-0.2, -0.15) is 0 Å². The van der Waals surface area contributed by atoms with Crippen LogP contribution in [0.3, 0.4) is 0 Å². The van der Waals surface area contributed by atoms with Gasteiger partial charge in [-0.3, -0.25) is 19.4 Å². The molecule has 3 amide bonds. The van der Waals surface area contributed by atoms with Crippen molar-refractivity contribution >= 4 is 39.4 Å². The Bertz CT molecular complexity index is 1590. The number of carboxylic acid groups (broad SMARTS) is 1. The van der Waals surface area contributed by atoms with Crippen LogP contribution in [0.4, 0.5) is 4.79 Å². The average Bonchev–Trinajstić information content (AvgIpc) is 3.25. The summed E-state index contributed by atoms with van der Waals surface area (Å²) in [6.45, 7) is 6.06. The van der Waals surface area contributed by atoms with E-state index in [1.54, 1.807) is 31.2 Å². The quantitative estimate of drug-likeness (QED) is 0.140. The number of likely N-dealkylation sites (N-methyl/N-ethyl adjacent to an activating group) is 2. The third-order valence-electron chi connectivity index (χ3n) is 7.59. The molecule has 0 unspecified atom stereocenters. The maximum atomic E-state index is 12.5. The van der Waals surface area contributed by atoms with E-state index in [-0.39, 0.29) is 68.4 Å². The number of hydrogen-bond acceptors (Lipinski definition) is 8. The Labute approximate surface area is 288 Å². The topological polar surface area (TPSA) is 151 Å². The molecule has 11 nitrogen and oxygen atoms in total. The molecule has 42 heavy (non-hydrogen) atoms. The Morgan fingerprint density at radius 1 is 1.10 bits per heavy atom. The first-order valence-corrected chi connectivity index (χ1v) is 14.6. The molecule has 1 aromatic rings. The van der Waals surface area contributed by atoms with Crippen LogP contribution in [0.25, 0.3) is 5.57 Å². The number of carbonyl (C=O) groups excluding carboxylic acids is 2. The van der Waals surface area contributed by atoms with Crippen molar-refractivity contribution < 1.29 is 83.8 Å². The Morgan fingerprint density at radius 2 is 1.79 bits per heavy atom. The Kier molecular flexibility index (Phi) is 10.6. The SMILES string of the molecule is Cc1ccc(C2=CN(CCCCCC(=O)O)C3=N/C(=C\C=C4/C(=O)N(C)C(=O)N4C)C(C)(C)C3=C2)cc1S(=O)(=O)[O-].[K+]. The van der Waals surface area contributed by atoms with E-state index in [2.05, 4.69) is 0 Å². The number of hydrogen-bond donors (Lipinski definition) is 1. The van der Waals surface area contributed by atoms with Gasteiger partial charge in [0.05, 0.1) is 10.6 Å². The van der Waals surface area contributed by atoms with Gasteiger partial charge in [-0.15, -0.1) is 0 Å². The van der Waals surface area contributed by atoms with Crippen molar-refractivity contribution in [2.75, 3.05) is 20.6 Å². The number of carbonyl (C=O) groups is 3. The number of carboxylic acids is 1. The summed E-state index contributed by atoms with van der Waals surface area (Å²) in [5, 5.41) is 8.95. The molecule has 4 rings (SSSR count). The van der Waals surface area contributed by atoms with Crippen molar-refractivity contribution in [3.63, 3.8) is 0 Å². The molecule has 0 atom stereocenters. The molecule has 3 heterocycles. The molecule has 0 radical (unpaired) electrons. The van der Waals surface area contributed by atoms with Crippen molar-refractivity contribution in [1.29, 1.82) is 0 Å². The van der Waals surface area contributed by atoms with E-state index in [1.807, 2.05) is 31.0 Å². The number of amides is 3. The second kappa shape index (κ2) is 13.1. The smallest absolute Gasteiger partial charge is 0.744 e. The number of urea groups is 1. The van der Waals surface area contributed by atoms with Crippen LogP contribution in [0.2, 0.25) is 0 Å². The average molecular weight is 621 g/mol. The van der Waals surface area contributed by atoms with Gasteiger partial charge in [0.25, 0.3) is 5.91 Å². The van der Waals surface area contributed by atoms with Crippen LogP contribution in [0.15, 0.2) is 69.5 Å². The summed E-state index contributed by atoms with van der Waals surface area (Å²) in [5.74, 6) is -0.571. The van der Waals surface area contributed by atoms with E-state index >= 15 is 0 Å². The van der Waals surface area contributed by atoms with Crippen LogP contribution in [0.1, 0.15) is 50.7 Å². The first kappa shape index (κ1) is 34.1. The molecule has 1 aromatic carbocycles. The summed E-state index contributed by atoms with van der Waals surface area (Å²) in [5.41, 5.74) is 2.73. The van der Waals surface area contributed by atoms with Gasteiger partial charge in [0.15, 0.2) is 0 Å². The maximum Gasteiger partial charge on any atom is 1.00 e. The number of imide groups is 1. The molecule has 3 aliphatic rings. The largest absolute Gasteiger partial charge is 1.00 e. The molecule has 0 aromatic heterocycles. The van der Waals surface area contributed by atoms with Crippen LogP contribution >= 0.6 is 0 Å². The minimum absolute atomic E-state index is 0. The number of fused-ring (bicyclic) bond motifs is 1. The predicted molar refractivity (Wildman–Crippen MR) is 151 cm³/mol. The van der Waals surface area contributed by atoms with Crippen molar-refractivity contribution in [3.8, 4) is 0 Å². The molecular weight excluding hydrogens is 588 g/mol. The zero-order chi connectivity index (χ0) is 30.3. The van der Waals surface area contributed by atoms with E-state index in [1.165, 1.54) is 25.1 Å². The second-order valence-electron chi connectivity index (χ2n) is 10.8. The number of nitrogens with zero attached hydrogens (tertiary/aromatic N) is 4. The second-order valence-corrected chi connectivity index (χ2v) is 12.2. The van der Waals surface area contributed by atoms with Gasteiger partial charge >= 0.3 is 63.4 Å².